The summed E-state index contributed by atoms with van der Waals surface area (Å²) in [5, 5.41) is 10.6. The predicted molar refractivity (Wildman–Crippen MR) is 90.9 cm³/mol. The minimum absolute atomic E-state index is 0.0642. The maximum atomic E-state index is 10.6. The first kappa shape index (κ1) is 16.5. The lowest BCUT2D eigenvalue weighted by molar-refractivity contribution is 0.245. The van der Waals surface area contributed by atoms with Crippen molar-refractivity contribution in [2.45, 2.75) is 45.7 Å². The van der Waals surface area contributed by atoms with Crippen LogP contribution in [0.5, 0.6) is 5.75 Å². The smallest absolute Gasteiger partial charge is 0.123 e. The van der Waals surface area contributed by atoms with Crippen molar-refractivity contribution >= 4 is 0 Å². The van der Waals surface area contributed by atoms with Crippen molar-refractivity contribution in [2.75, 3.05) is 7.05 Å². The van der Waals surface area contributed by atoms with Gasteiger partial charge in [0.2, 0.25) is 0 Å². The zero-order valence-electron chi connectivity index (χ0n) is 14.2. The molecule has 2 aromatic rings. The van der Waals surface area contributed by atoms with Gasteiger partial charge in [-0.05, 0) is 37.1 Å². The fourth-order valence-electron chi connectivity index (χ4n) is 2.58. The average molecular weight is 298 g/mol. The number of aromatic nitrogens is 1. The van der Waals surface area contributed by atoms with E-state index in [1.807, 2.05) is 42.6 Å². The topological polar surface area (TPSA) is 36.4 Å². The Morgan fingerprint density at radius 2 is 1.86 bits per heavy atom. The van der Waals surface area contributed by atoms with Crippen molar-refractivity contribution in [1.82, 2.24) is 9.88 Å². The van der Waals surface area contributed by atoms with E-state index in [-0.39, 0.29) is 11.5 Å². The molecule has 118 valence electrons. The van der Waals surface area contributed by atoms with Crippen LogP contribution in [0.1, 0.15) is 50.6 Å². The highest BCUT2D eigenvalue weighted by Crippen LogP contribution is 2.34. The van der Waals surface area contributed by atoms with E-state index in [1.54, 1.807) is 0 Å². The Morgan fingerprint density at radius 3 is 2.45 bits per heavy atom. The molecule has 0 amide bonds. The molecule has 22 heavy (non-hydrogen) atoms. The number of aromatic hydroxyl groups is 1. The van der Waals surface area contributed by atoms with Crippen LogP contribution in [-0.2, 0) is 12.0 Å². The van der Waals surface area contributed by atoms with Crippen LogP contribution in [0.25, 0.3) is 0 Å². The molecule has 0 aliphatic heterocycles. The molecule has 0 aliphatic rings. The Balaban J connectivity index is 2.21. The molecule has 0 spiro atoms. The van der Waals surface area contributed by atoms with Crippen LogP contribution >= 0.6 is 0 Å². The second kappa shape index (κ2) is 6.49. The number of pyridine rings is 1. The first-order valence-corrected chi connectivity index (χ1v) is 7.73. The van der Waals surface area contributed by atoms with E-state index in [1.165, 1.54) is 0 Å². The van der Waals surface area contributed by atoms with E-state index >= 15 is 0 Å². The third-order valence-corrected chi connectivity index (χ3v) is 4.12. The molecular formula is C19H26N2O. The van der Waals surface area contributed by atoms with Gasteiger partial charge in [-0.3, -0.25) is 9.88 Å². The molecule has 1 heterocycles. The SMILES string of the molecule is C[C@H](c1ccccn1)N(C)Cc1cccc(C(C)(C)C)c1O. The summed E-state index contributed by atoms with van der Waals surface area (Å²) in [5.74, 6) is 0.412. The normalized spacial score (nSPS) is 13.4. The van der Waals surface area contributed by atoms with Crippen LogP contribution in [0.4, 0.5) is 0 Å². The fraction of sp³-hybridized carbons (Fsp3) is 0.421. The van der Waals surface area contributed by atoms with Gasteiger partial charge in [0.1, 0.15) is 5.75 Å². The molecule has 1 aromatic carbocycles. The number of phenolic OH excluding ortho intramolecular Hbond substituents is 1. The quantitative estimate of drug-likeness (QED) is 0.915. The maximum absolute atomic E-state index is 10.6. The Labute approximate surface area is 133 Å². The van der Waals surface area contributed by atoms with Gasteiger partial charge in [0.25, 0.3) is 0 Å². The van der Waals surface area contributed by atoms with Gasteiger partial charge in [-0.25, -0.2) is 0 Å². The van der Waals surface area contributed by atoms with Crippen molar-refractivity contribution in [1.29, 1.82) is 0 Å². The lowest BCUT2D eigenvalue weighted by Crippen LogP contribution is -2.23. The molecule has 1 aromatic heterocycles. The predicted octanol–water partition coefficient (Wildman–Crippen LogP) is 4.28. The van der Waals surface area contributed by atoms with Gasteiger partial charge in [0.15, 0.2) is 0 Å². The Bertz CT molecular complexity index is 617. The third kappa shape index (κ3) is 3.66. The van der Waals surface area contributed by atoms with Crippen LogP contribution in [0.3, 0.4) is 0 Å². The standard InChI is InChI=1S/C19H26N2O/c1-14(17-11-6-7-12-20-17)21(5)13-15-9-8-10-16(18(15)22)19(2,3)4/h6-12,14,22H,13H2,1-5H3/t14-/m1/s1. The first-order valence-electron chi connectivity index (χ1n) is 7.73. The van der Waals surface area contributed by atoms with Crippen LogP contribution in [0, 0.1) is 0 Å². The van der Waals surface area contributed by atoms with E-state index in [4.69, 9.17) is 0 Å². The number of nitrogens with zero attached hydrogens (tertiary/aromatic N) is 2. The van der Waals surface area contributed by atoms with Crippen molar-refractivity contribution in [3.63, 3.8) is 0 Å². The van der Waals surface area contributed by atoms with Gasteiger partial charge in [-0.15, -0.1) is 0 Å². The molecular weight excluding hydrogens is 272 g/mol. The second-order valence-electron chi connectivity index (χ2n) is 6.91. The van der Waals surface area contributed by atoms with E-state index in [9.17, 15) is 5.11 Å². The minimum atomic E-state index is -0.0642. The molecule has 3 heteroatoms. The summed E-state index contributed by atoms with van der Waals surface area (Å²) in [6.45, 7) is 9.17. The minimum Gasteiger partial charge on any atom is -0.507 e. The molecule has 0 saturated carbocycles. The maximum Gasteiger partial charge on any atom is 0.123 e. The highest BCUT2D eigenvalue weighted by molar-refractivity contribution is 5.44. The summed E-state index contributed by atoms with van der Waals surface area (Å²) in [5.41, 5.74) is 2.92. The Kier molecular flexibility index (Phi) is 4.87. The van der Waals surface area contributed by atoms with Crippen molar-refractivity contribution in [2.24, 2.45) is 0 Å². The number of rotatable bonds is 4. The summed E-state index contributed by atoms with van der Waals surface area (Å²) in [4.78, 5) is 6.61. The third-order valence-electron chi connectivity index (χ3n) is 4.12. The first-order chi connectivity index (χ1) is 10.3. The number of hydrogen-bond donors (Lipinski definition) is 1. The Morgan fingerprint density at radius 1 is 1.14 bits per heavy atom. The fourth-order valence-corrected chi connectivity index (χ4v) is 2.58. The zero-order chi connectivity index (χ0) is 16.3. The Hall–Kier alpha value is -1.87. The van der Waals surface area contributed by atoms with E-state index in [2.05, 4.69) is 44.6 Å². The number of benzene rings is 1. The lowest BCUT2D eigenvalue weighted by Gasteiger charge is -2.27. The molecule has 1 N–H and O–H groups in total. The molecule has 2 rings (SSSR count). The molecule has 1 atom stereocenters. The van der Waals surface area contributed by atoms with Crippen molar-refractivity contribution in [3.05, 3.63) is 59.4 Å². The molecule has 0 bridgehead atoms. The van der Waals surface area contributed by atoms with Crippen LogP contribution in [0.15, 0.2) is 42.6 Å². The van der Waals surface area contributed by atoms with E-state index in [0.29, 0.717) is 12.3 Å². The summed E-state index contributed by atoms with van der Waals surface area (Å²) in [6.07, 6.45) is 1.82. The summed E-state index contributed by atoms with van der Waals surface area (Å²) in [6, 6.07) is 12.2. The molecule has 0 fully saturated rings. The van der Waals surface area contributed by atoms with Gasteiger partial charge >= 0.3 is 0 Å². The van der Waals surface area contributed by atoms with Crippen molar-refractivity contribution in [3.8, 4) is 5.75 Å². The summed E-state index contributed by atoms with van der Waals surface area (Å²) < 4.78 is 0. The number of para-hydroxylation sites is 1. The monoisotopic (exact) mass is 298 g/mol. The van der Waals surface area contributed by atoms with Gasteiger partial charge < -0.3 is 5.11 Å². The van der Waals surface area contributed by atoms with Gasteiger partial charge in [0.05, 0.1) is 5.69 Å². The molecule has 0 aliphatic carbocycles. The highest BCUT2D eigenvalue weighted by Gasteiger charge is 2.21. The molecule has 0 saturated heterocycles. The number of hydrogen-bond acceptors (Lipinski definition) is 3. The average Bonchev–Trinajstić information content (AvgIpc) is 2.48. The number of phenols is 1. The van der Waals surface area contributed by atoms with E-state index < -0.39 is 0 Å². The van der Waals surface area contributed by atoms with E-state index in [0.717, 1.165) is 16.8 Å². The second-order valence-corrected chi connectivity index (χ2v) is 6.91. The summed E-state index contributed by atoms with van der Waals surface area (Å²) in [7, 11) is 2.06. The van der Waals surface area contributed by atoms with Gasteiger partial charge in [0, 0.05) is 24.3 Å². The lowest BCUT2D eigenvalue weighted by atomic mass is 9.85. The van der Waals surface area contributed by atoms with Crippen molar-refractivity contribution < 1.29 is 5.11 Å². The molecule has 0 unspecified atom stereocenters. The van der Waals surface area contributed by atoms with Crippen LogP contribution in [-0.4, -0.2) is 22.0 Å². The molecule has 0 radical (unpaired) electrons. The van der Waals surface area contributed by atoms with Gasteiger partial charge in [-0.2, -0.15) is 0 Å². The molecule has 3 nitrogen and oxygen atoms in total. The van der Waals surface area contributed by atoms with Crippen LogP contribution in [0.2, 0.25) is 0 Å². The zero-order valence-corrected chi connectivity index (χ0v) is 14.2. The largest absolute Gasteiger partial charge is 0.507 e. The van der Waals surface area contributed by atoms with Crippen LogP contribution < -0.4 is 0 Å². The summed E-state index contributed by atoms with van der Waals surface area (Å²) >= 11 is 0. The van der Waals surface area contributed by atoms with Gasteiger partial charge in [-0.1, -0.05) is 45.0 Å². The highest BCUT2D eigenvalue weighted by atomic mass is 16.3.